The maximum Gasteiger partial charge on any atom is 0.268 e. The highest BCUT2D eigenvalue weighted by molar-refractivity contribution is 5.95. The van der Waals surface area contributed by atoms with E-state index in [0.717, 1.165) is 6.54 Å². The zero-order chi connectivity index (χ0) is 19.3. The van der Waals surface area contributed by atoms with E-state index in [9.17, 15) is 9.59 Å². The van der Waals surface area contributed by atoms with Crippen LogP contribution in [0.1, 0.15) is 34.7 Å². The maximum atomic E-state index is 12.5. The first-order chi connectivity index (χ1) is 12.2. The quantitative estimate of drug-likeness (QED) is 0.785. The predicted octanol–water partition coefficient (Wildman–Crippen LogP) is 1.56. The maximum absolute atomic E-state index is 12.5. The first-order valence-corrected chi connectivity index (χ1v) is 8.33. The number of nitrogens with zero attached hydrogens (tertiary/aromatic N) is 3. The van der Waals surface area contributed by atoms with Gasteiger partial charge in [0, 0.05) is 24.2 Å². The van der Waals surface area contributed by atoms with Crippen molar-refractivity contribution in [2.45, 2.75) is 13.8 Å². The van der Waals surface area contributed by atoms with Crippen LogP contribution in [0.4, 0.5) is 0 Å². The lowest BCUT2D eigenvalue weighted by atomic mass is 9.93. The first-order valence-electron chi connectivity index (χ1n) is 8.33. The van der Waals surface area contributed by atoms with Gasteiger partial charge in [-0.05, 0) is 31.6 Å². The monoisotopic (exact) mass is 355 g/mol. The second-order valence-electron chi connectivity index (χ2n) is 7.32. The Morgan fingerprint density at radius 1 is 1.23 bits per heavy atom. The van der Waals surface area contributed by atoms with Crippen molar-refractivity contribution in [2.75, 3.05) is 27.2 Å². The average molecular weight is 355 g/mol. The molecule has 0 aliphatic heterocycles. The standard InChI is InChI=1S/C19H25N5O2/c1-19(2,12-24(3)4)11-22-18(26)14-7-5-6-13(8-14)15-9-21-10-16(23-15)17(20)25/h5-10H,11-12H2,1-4H3,(H2,20,25)(H,22,26). The van der Waals surface area contributed by atoms with Crippen LogP contribution in [0.25, 0.3) is 11.3 Å². The highest BCUT2D eigenvalue weighted by atomic mass is 16.2. The lowest BCUT2D eigenvalue weighted by Crippen LogP contribution is -2.39. The van der Waals surface area contributed by atoms with Gasteiger partial charge in [0.05, 0.1) is 18.1 Å². The van der Waals surface area contributed by atoms with E-state index < -0.39 is 5.91 Å². The lowest BCUT2D eigenvalue weighted by molar-refractivity contribution is 0.0928. The number of aromatic nitrogens is 2. The third-order valence-corrected chi connectivity index (χ3v) is 3.78. The smallest absolute Gasteiger partial charge is 0.268 e. The van der Waals surface area contributed by atoms with Gasteiger partial charge in [-0.15, -0.1) is 0 Å². The van der Waals surface area contributed by atoms with Crippen LogP contribution in [-0.4, -0.2) is 53.9 Å². The molecule has 2 aromatic rings. The van der Waals surface area contributed by atoms with Crippen LogP contribution >= 0.6 is 0 Å². The summed E-state index contributed by atoms with van der Waals surface area (Å²) in [7, 11) is 4.02. The van der Waals surface area contributed by atoms with Crippen molar-refractivity contribution in [3.05, 3.63) is 47.9 Å². The van der Waals surface area contributed by atoms with Crippen LogP contribution < -0.4 is 11.1 Å². The highest BCUT2D eigenvalue weighted by Gasteiger charge is 2.20. The fourth-order valence-electron chi connectivity index (χ4n) is 2.78. The minimum Gasteiger partial charge on any atom is -0.364 e. The SMILES string of the molecule is CN(C)CC(C)(C)CNC(=O)c1cccc(-c2cncc(C(N)=O)n2)c1. The van der Waals surface area contributed by atoms with Gasteiger partial charge < -0.3 is 16.0 Å². The molecule has 0 saturated carbocycles. The molecule has 7 heteroatoms. The van der Waals surface area contributed by atoms with Crippen LogP contribution in [0.2, 0.25) is 0 Å². The molecule has 2 rings (SSSR count). The van der Waals surface area contributed by atoms with Crippen LogP contribution in [0.15, 0.2) is 36.7 Å². The molecule has 0 saturated heterocycles. The molecule has 0 bridgehead atoms. The number of benzene rings is 1. The zero-order valence-corrected chi connectivity index (χ0v) is 15.6. The molecule has 0 unspecified atom stereocenters. The van der Waals surface area contributed by atoms with E-state index >= 15 is 0 Å². The van der Waals surface area contributed by atoms with Crippen LogP contribution in [0.3, 0.4) is 0 Å². The van der Waals surface area contributed by atoms with Gasteiger partial charge in [-0.3, -0.25) is 14.6 Å². The molecule has 0 spiro atoms. The van der Waals surface area contributed by atoms with Crippen molar-refractivity contribution >= 4 is 11.8 Å². The van der Waals surface area contributed by atoms with E-state index in [2.05, 4.69) is 34.0 Å². The number of amides is 2. The number of hydrogen-bond acceptors (Lipinski definition) is 5. The molecular formula is C19H25N5O2. The third kappa shape index (κ3) is 5.35. The molecule has 1 aromatic heterocycles. The van der Waals surface area contributed by atoms with Gasteiger partial charge in [-0.2, -0.15) is 0 Å². The number of carbonyl (C=O) groups excluding carboxylic acids is 2. The largest absolute Gasteiger partial charge is 0.364 e. The molecule has 2 amide bonds. The Balaban J connectivity index is 2.15. The number of nitrogens with one attached hydrogen (secondary N) is 1. The Bertz CT molecular complexity index is 802. The summed E-state index contributed by atoms with van der Waals surface area (Å²) in [4.78, 5) is 34.0. The summed E-state index contributed by atoms with van der Waals surface area (Å²) in [6, 6.07) is 7.04. The molecule has 26 heavy (non-hydrogen) atoms. The first kappa shape index (κ1) is 19.5. The molecule has 138 valence electrons. The lowest BCUT2D eigenvalue weighted by Gasteiger charge is -2.28. The van der Waals surface area contributed by atoms with E-state index in [0.29, 0.717) is 23.4 Å². The number of hydrogen-bond donors (Lipinski definition) is 2. The summed E-state index contributed by atoms with van der Waals surface area (Å²) in [5, 5.41) is 2.98. The summed E-state index contributed by atoms with van der Waals surface area (Å²) in [6.07, 6.45) is 2.85. The summed E-state index contributed by atoms with van der Waals surface area (Å²) >= 11 is 0. The average Bonchev–Trinajstić information content (AvgIpc) is 2.59. The third-order valence-electron chi connectivity index (χ3n) is 3.78. The van der Waals surface area contributed by atoms with Crippen LogP contribution in [-0.2, 0) is 0 Å². The molecule has 1 aromatic carbocycles. The second-order valence-corrected chi connectivity index (χ2v) is 7.32. The van der Waals surface area contributed by atoms with Gasteiger partial charge in [0.15, 0.2) is 0 Å². The molecule has 0 aliphatic rings. The Labute approximate surface area is 153 Å². The van der Waals surface area contributed by atoms with Crippen molar-refractivity contribution in [3.63, 3.8) is 0 Å². The van der Waals surface area contributed by atoms with Crippen molar-refractivity contribution in [3.8, 4) is 11.3 Å². The molecule has 1 heterocycles. The van der Waals surface area contributed by atoms with Crippen molar-refractivity contribution < 1.29 is 9.59 Å². The van der Waals surface area contributed by atoms with E-state index in [1.54, 1.807) is 18.2 Å². The fraction of sp³-hybridized carbons (Fsp3) is 0.368. The molecule has 7 nitrogen and oxygen atoms in total. The molecule has 0 atom stereocenters. The van der Waals surface area contributed by atoms with Gasteiger partial charge in [0.25, 0.3) is 11.8 Å². The second kappa shape index (κ2) is 8.05. The molecule has 0 aliphatic carbocycles. The minimum absolute atomic E-state index is 0.0436. The molecule has 3 N–H and O–H groups in total. The minimum atomic E-state index is -0.642. The number of rotatable bonds is 7. The van der Waals surface area contributed by atoms with Crippen LogP contribution in [0, 0.1) is 5.41 Å². The van der Waals surface area contributed by atoms with Crippen molar-refractivity contribution in [2.24, 2.45) is 11.1 Å². The van der Waals surface area contributed by atoms with E-state index in [4.69, 9.17) is 5.73 Å². The number of nitrogens with two attached hydrogens (primary N) is 1. The predicted molar refractivity (Wildman–Crippen MR) is 101 cm³/mol. The van der Waals surface area contributed by atoms with Gasteiger partial charge >= 0.3 is 0 Å². The molecular weight excluding hydrogens is 330 g/mol. The molecule has 0 fully saturated rings. The zero-order valence-electron chi connectivity index (χ0n) is 15.6. The summed E-state index contributed by atoms with van der Waals surface area (Å²) < 4.78 is 0. The van der Waals surface area contributed by atoms with E-state index in [1.807, 2.05) is 20.2 Å². The topological polar surface area (TPSA) is 101 Å². The Morgan fingerprint density at radius 3 is 2.62 bits per heavy atom. The normalized spacial score (nSPS) is 11.4. The van der Waals surface area contributed by atoms with Gasteiger partial charge in [0.2, 0.25) is 0 Å². The van der Waals surface area contributed by atoms with E-state index in [1.165, 1.54) is 12.4 Å². The Morgan fingerprint density at radius 2 is 1.96 bits per heavy atom. The fourth-order valence-corrected chi connectivity index (χ4v) is 2.78. The Hall–Kier alpha value is -2.80. The highest BCUT2D eigenvalue weighted by Crippen LogP contribution is 2.19. The van der Waals surface area contributed by atoms with E-state index in [-0.39, 0.29) is 17.0 Å². The number of primary amides is 1. The molecule has 0 radical (unpaired) electrons. The van der Waals surface area contributed by atoms with Crippen molar-refractivity contribution in [1.29, 1.82) is 0 Å². The van der Waals surface area contributed by atoms with Gasteiger partial charge in [-0.25, -0.2) is 4.98 Å². The van der Waals surface area contributed by atoms with Crippen molar-refractivity contribution in [1.82, 2.24) is 20.2 Å². The Kier molecular flexibility index (Phi) is 6.05. The summed E-state index contributed by atoms with van der Waals surface area (Å²) in [6.45, 7) is 5.64. The summed E-state index contributed by atoms with van der Waals surface area (Å²) in [5.74, 6) is -0.797. The van der Waals surface area contributed by atoms with Crippen LogP contribution in [0.5, 0.6) is 0 Å². The number of carbonyl (C=O) groups is 2. The summed E-state index contributed by atoms with van der Waals surface area (Å²) in [5.41, 5.74) is 6.99. The van der Waals surface area contributed by atoms with Gasteiger partial charge in [0.1, 0.15) is 5.69 Å². The van der Waals surface area contributed by atoms with Gasteiger partial charge in [-0.1, -0.05) is 26.0 Å².